The number of carbonyl (C=O) groups excluding carboxylic acids is 3. The van der Waals surface area contributed by atoms with Gasteiger partial charge in [0.2, 0.25) is 0 Å². The third-order valence-corrected chi connectivity index (χ3v) is 6.32. The molecule has 1 fully saturated rings. The van der Waals surface area contributed by atoms with Gasteiger partial charge in [-0.25, -0.2) is 0 Å². The summed E-state index contributed by atoms with van der Waals surface area (Å²) in [6.45, 7) is 3.25. The third kappa shape index (κ3) is 3.50. The van der Waals surface area contributed by atoms with Crippen LogP contribution in [0.1, 0.15) is 89.4 Å². The molecule has 28 heavy (non-hydrogen) atoms. The second-order valence-corrected chi connectivity index (χ2v) is 8.22. The summed E-state index contributed by atoms with van der Waals surface area (Å²) in [7, 11) is 0. The van der Waals surface area contributed by atoms with E-state index >= 15 is 0 Å². The topological polar surface area (TPSA) is 57.7 Å². The van der Waals surface area contributed by atoms with E-state index in [1.807, 2.05) is 4.90 Å². The number of imide groups is 1. The van der Waals surface area contributed by atoms with Crippen molar-refractivity contribution < 1.29 is 14.4 Å². The van der Waals surface area contributed by atoms with Crippen molar-refractivity contribution in [3.05, 3.63) is 46.5 Å². The zero-order valence-electron chi connectivity index (χ0n) is 16.6. The predicted molar refractivity (Wildman–Crippen MR) is 107 cm³/mol. The Labute approximate surface area is 166 Å². The molecule has 1 aromatic rings. The Morgan fingerprint density at radius 2 is 1.89 bits per heavy atom. The molecule has 0 saturated carbocycles. The van der Waals surface area contributed by atoms with Crippen molar-refractivity contribution in [1.29, 1.82) is 0 Å². The number of allylic oxidation sites excluding steroid dienone is 1. The number of hydrogen-bond donors (Lipinski definition) is 0. The molecule has 0 radical (unpaired) electrons. The van der Waals surface area contributed by atoms with Crippen LogP contribution < -0.4 is 0 Å². The minimum Gasteiger partial charge on any atom is -0.336 e. The van der Waals surface area contributed by atoms with Gasteiger partial charge in [-0.15, -0.1) is 0 Å². The summed E-state index contributed by atoms with van der Waals surface area (Å²) in [6.07, 6.45) is 10.7. The highest BCUT2D eigenvalue weighted by Crippen LogP contribution is 2.28. The number of fused-ring (bicyclic) bond motifs is 1. The molecule has 0 bridgehead atoms. The molecule has 5 nitrogen and oxygen atoms in total. The van der Waals surface area contributed by atoms with Gasteiger partial charge < -0.3 is 4.90 Å². The molecule has 2 aliphatic heterocycles. The Balaban J connectivity index is 1.50. The van der Waals surface area contributed by atoms with Gasteiger partial charge in [0.15, 0.2) is 0 Å². The fourth-order valence-corrected chi connectivity index (χ4v) is 4.58. The van der Waals surface area contributed by atoms with Gasteiger partial charge in [0.1, 0.15) is 0 Å². The van der Waals surface area contributed by atoms with Crippen molar-refractivity contribution in [2.45, 2.75) is 64.3 Å². The monoisotopic (exact) mass is 380 g/mol. The van der Waals surface area contributed by atoms with Crippen molar-refractivity contribution in [2.24, 2.45) is 0 Å². The van der Waals surface area contributed by atoms with Gasteiger partial charge in [-0.1, -0.05) is 11.6 Å². The van der Waals surface area contributed by atoms with Gasteiger partial charge in [0, 0.05) is 24.7 Å². The van der Waals surface area contributed by atoms with Crippen molar-refractivity contribution in [3.8, 4) is 0 Å². The Morgan fingerprint density at radius 3 is 2.64 bits per heavy atom. The Morgan fingerprint density at radius 1 is 1.07 bits per heavy atom. The number of amides is 3. The fourth-order valence-electron chi connectivity index (χ4n) is 4.58. The minimum absolute atomic E-state index is 0.0407. The second kappa shape index (κ2) is 7.90. The van der Waals surface area contributed by atoms with E-state index in [0.29, 0.717) is 23.2 Å². The van der Waals surface area contributed by atoms with Crippen LogP contribution in [0.5, 0.6) is 0 Å². The molecular formula is C23H28N2O3. The lowest BCUT2D eigenvalue weighted by Crippen LogP contribution is -2.42. The maximum absolute atomic E-state index is 12.9. The zero-order valence-corrected chi connectivity index (χ0v) is 16.6. The van der Waals surface area contributed by atoms with Crippen LogP contribution in [0.25, 0.3) is 0 Å². The number of nitrogens with zero attached hydrogens (tertiary/aromatic N) is 2. The molecule has 1 atom stereocenters. The van der Waals surface area contributed by atoms with Gasteiger partial charge >= 0.3 is 0 Å². The molecule has 0 N–H and O–H groups in total. The summed E-state index contributed by atoms with van der Waals surface area (Å²) in [4.78, 5) is 41.7. The first kappa shape index (κ1) is 18.9. The van der Waals surface area contributed by atoms with Crippen LogP contribution in [0.15, 0.2) is 29.8 Å². The van der Waals surface area contributed by atoms with Crippen LogP contribution in [0, 0.1) is 0 Å². The average Bonchev–Trinajstić information content (AvgIpc) is 2.96. The summed E-state index contributed by atoms with van der Waals surface area (Å²) in [5.41, 5.74) is 2.65. The molecular weight excluding hydrogens is 352 g/mol. The standard InChI is InChI=1S/C23H28N2O3/c1-16-7-5-6-13-24(16)21(26)18-10-11-19-20(15-18)23(28)25(22(19)27)14-12-17-8-3-2-4-9-17/h8,10-11,15-16H,2-7,9,12-14H2,1H3. The lowest BCUT2D eigenvalue weighted by atomic mass is 9.97. The molecule has 0 spiro atoms. The molecule has 5 heteroatoms. The van der Waals surface area contributed by atoms with Crippen LogP contribution in [-0.4, -0.2) is 46.7 Å². The normalized spacial score (nSPS) is 22.3. The first-order valence-electron chi connectivity index (χ1n) is 10.6. The number of piperidine rings is 1. The SMILES string of the molecule is CC1CCCCN1C(=O)c1ccc2c(c1)C(=O)N(CCC1=CCCCC1)C2=O. The zero-order chi connectivity index (χ0) is 19.7. The average molecular weight is 380 g/mol. The van der Waals surface area contributed by atoms with Crippen molar-refractivity contribution in [3.63, 3.8) is 0 Å². The van der Waals surface area contributed by atoms with Gasteiger partial charge in [-0.3, -0.25) is 19.3 Å². The molecule has 0 aromatic heterocycles. The van der Waals surface area contributed by atoms with Gasteiger partial charge in [-0.2, -0.15) is 0 Å². The second-order valence-electron chi connectivity index (χ2n) is 8.22. The van der Waals surface area contributed by atoms with E-state index in [1.54, 1.807) is 18.2 Å². The van der Waals surface area contributed by atoms with Gasteiger partial charge in [-0.05, 0) is 76.5 Å². The van der Waals surface area contributed by atoms with E-state index in [9.17, 15) is 14.4 Å². The molecule has 1 saturated heterocycles. The molecule has 4 rings (SSSR count). The first-order chi connectivity index (χ1) is 13.6. The van der Waals surface area contributed by atoms with E-state index in [4.69, 9.17) is 0 Å². The molecule has 3 aliphatic rings. The maximum Gasteiger partial charge on any atom is 0.261 e. The van der Waals surface area contributed by atoms with Crippen LogP contribution in [0.3, 0.4) is 0 Å². The highest BCUT2D eigenvalue weighted by atomic mass is 16.2. The molecule has 1 unspecified atom stereocenters. The van der Waals surface area contributed by atoms with E-state index < -0.39 is 0 Å². The number of hydrogen-bond acceptors (Lipinski definition) is 3. The number of benzene rings is 1. The number of carbonyl (C=O) groups is 3. The number of rotatable bonds is 4. The van der Waals surface area contributed by atoms with Crippen LogP contribution in [0.4, 0.5) is 0 Å². The maximum atomic E-state index is 12.9. The van der Waals surface area contributed by atoms with Crippen LogP contribution >= 0.6 is 0 Å². The van der Waals surface area contributed by atoms with E-state index in [0.717, 1.165) is 45.1 Å². The van der Waals surface area contributed by atoms with E-state index in [2.05, 4.69) is 13.0 Å². The predicted octanol–water partition coefficient (Wildman–Crippen LogP) is 4.19. The van der Waals surface area contributed by atoms with Crippen molar-refractivity contribution in [1.82, 2.24) is 9.80 Å². The molecule has 1 aliphatic carbocycles. The van der Waals surface area contributed by atoms with Crippen molar-refractivity contribution >= 4 is 17.7 Å². The summed E-state index contributed by atoms with van der Waals surface area (Å²) in [5.74, 6) is -0.541. The minimum atomic E-state index is -0.266. The summed E-state index contributed by atoms with van der Waals surface area (Å²) >= 11 is 0. The highest BCUT2D eigenvalue weighted by Gasteiger charge is 2.36. The lowest BCUT2D eigenvalue weighted by molar-refractivity contribution is 0.0633. The fraction of sp³-hybridized carbons (Fsp3) is 0.522. The summed E-state index contributed by atoms with van der Waals surface area (Å²) in [5, 5.41) is 0. The van der Waals surface area contributed by atoms with Crippen LogP contribution in [0.2, 0.25) is 0 Å². The largest absolute Gasteiger partial charge is 0.336 e. The van der Waals surface area contributed by atoms with E-state index in [1.165, 1.54) is 23.3 Å². The smallest absolute Gasteiger partial charge is 0.261 e. The van der Waals surface area contributed by atoms with Gasteiger partial charge in [0.25, 0.3) is 17.7 Å². The third-order valence-electron chi connectivity index (χ3n) is 6.32. The molecule has 2 heterocycles. The molecule has 1 aromatic carbocycles. The quantitative estimate of drug-likeness (QED) is 0.581. The van der Waals surface area contributed by atoms with Crippen molar-refractivity contribution in [2.75, 3.05) is 13.1 Å². The van der Waals surface area contributed by atoms with Crippen LogP contribution in [-0.2, 0) is 0 Å². The lowest BCUT2D eigenvalue weighted by Gasteiger charge is -2.33. The number of likely N-dealkylation sites (tertiary alicyclic amines) is 1. The van der Waals surface area contributed by atoms with Gasteiger partial charge in [0.05, 0.1) is 11.1 Å². The Kier molecular flexibility index (Phi) is 5.33. The van der Waals surface area contributed by atoms with E-state index in [-0.39, 0.29) is 23.8 Å². The summed E-state index contributed by atoms with van der Waals surface area (Å²) < 4.78 is 0. The highest BCUT2D eigenvalue weighted by molar-refractivity contribution is 6.22. The molecule has 148 valence electrons. The molecule has 3 amide bonds. The first-order valence-corrected chi connectivity index (χ1v) is 10.6. The summed E-state index contributed by atoms with van der Waals surface area (Å²) in [6, 6.07) is 5.18. The Bertz CT molecular complexity index is 842. The Hall–Kier alpha value is -2.43.